The minimum Gasteiger partial charge on any atom is -0.504 e. The summed E-state index contributed by atoms with van der Waals surface area (Å²) in [6, 6.07) is 4.33. The van der Waals surface area contributed by atoms with Crippen LogP contribution in [0.5, 0.6) is 11.5 Å². The molecular weight excluding hydrogens is 182 g/mol. The van der Waals surface area contributed by atoms with Crippen LogP contribution in [0.3, 0.4) is 0 Å². The second kappa shape index (κ2) is 4.00. The minimum atomic E-state index is -0.573. The van der Waals surface area contributed by atoms with Crippen LogP contribution in [0.2, 0.25) is 0 Å². The lowest BCUT2D eigenvalue weighted by molar-refractivity contribution is 0.1000. The quantitative estimate of drug-likeness (QED) is 0.763. The fourth-order valence-corrected chi connectivity index (χ4v) is 1.02. The number of nitrogens with two attached hydrogens (primary N) is 1. The van der Waals surface area contributed by atoms with E-state index in [0.29, 0.717) is 5.75 Å². The monoisotopic (exact) mass is 195 g/mol. The Balaban J connectivity index is 2.95. The molecule has 0 radical (unpaired) electrons. The minimum absolute atomic E-state index is 0.0275. The largest absolute Gasteiger partial charge is 0.504 e. The highest BCUT2D eigenvalue weighted by Crippen LogP contribution is 2.27. The van der Waals surface area contributed by atoms with E-state index in [1.807, 2.05) is 13.8 Å². The predicted octanol–water partition coefficient (Wildman–Crippen LogP) is 1.28. The summed E-state index contributed by atoms with van der Waals surface area (Å²) in [7, 11) is 0. The molecule has 0 saturated heterocycles. The Hall–Kier alpha value is -1.71. The number of aromatic hydroxyl groups is 1. The first-order valence-electron chi connectivity index (χ1n) is 4.30. The molecule has 0 aromatic heterocycles. The van der Waals surface area contributed by atoms with Crippen LogP contribution < -0.4 is 10.5 Å². The molecule has 0 fully saturated rings. The zero-order valence-electron chi connectivity index (χ0n) is 8.15. The lowest BCUT2D eigenvalue weighted by Crippen LogP contribution is -2.11. The molecule has 0 spiro atoms. The van der Waals surface area contributed by atoms with Gasteiger partial charge in [-0.05, 0) is 32.0 Å². The number of benzene rings is 1. The molecule has 4 nitrogen and oxygen atoms in total. The number of phenolic OH excluding ortho intramolecular Hbond substituents is 1. The van der Waals surface area contributed by atoms with E-state index in [-0.39, 0.29) is 17.4 Å². The summed E-state index contributed by atoms with van der Waals surface area (Å²) in [4.78, 5) is 10.8. The third-order valence-corrected chi connectivity index (χ3v) is 1.61. The van der Waals surface area contributed by atoms with Crippen molar-refractivity contribution in [1.29, 1.82) is 0 Å². The van der Waals surface area contributed by atoms with E-state index in [0.717, 1.165) is 0 Å². The number of carbonyl (C=O) groups is 1. The van der Waals surface area contributed by atoms with Gasteiger partial charge in [-0.2, -0.15) is 0 Å². The summed E-state index contributed by atoms with van der Waals surface area (Å²) in [5.41, 5.74) is 5.31. The number of rotatable bonds is 3. The highest BCUT2D eigenvalue weighted by atomic mass is 16.5. The summed E-state index contributed by atoms with van der Waals surface area (Å²) in [6.45, 7) is 3.70. The van der Waals surface area contributed by atoms with E-state index in [2.05, 4.69) is 0 Å². The van der Waals surface area contributed by atoms with Crippen LogP contribution in [-0.4, -0.2) is 17.1 Å². The van der Waals surface area contributed by atoms with Crippen LogP contribution in [0.15, 0.2) is 18.2 Å². The number of hydrogen-bond donors (Lipinski definition) is 2. The molecule has 14 heavy (non-hydrogen) atoms. The average molecular weight is 195 g/mol. The van der Waals surface area contributed by atoms with Gasteiger partial charge in [-0.3, -0.25) is 4.79 Å². The van der Waals surface area contributed by atoms with Crippen LogP contribution in [0, 0.1) is 0 Å². The van der Waals surface area contributed by atoms with Crippen LogP contribution in [0.1, 0.15) is 24.2 Å². The third-order valence-electron chi connectivity index (χ3n) is 1.61. The number of primary amides is 1. The maximum absolute atomic E-state index is 10.8. The molecule has 0 unspecified atom stereocenters. The number of ether oxygens (including phenoxy) is 1. The zero-order chi connectivity index (χ0) is 10.7. The molecule has 0 aliphatic carbocycles. The summed E-state index contributed by atoms with van der Waals surface area (Å²) >= 11 is 0. The van der Waals surface area contributed by atoms with Gasteiger partial charge in [0.2, 0.25) is 5.91 Å². The average Bonchev–Trinajstić information content (AvgIpc) is 2.07. The van der Waals surface area contributed by atoms with Gasteiger partial charge in [-0.25, -0.2) is 0 Å². The van der Waals surface area contributed by atoms with Crippen LogP contribution in [-0.2, 0) is 0 Å². The van der Waals surface area contributed by atoms with Crippen molar-refractivity contribution in [2.75, 3.05) is 0 Å². The van der Waals surface area contributed by atoms with Gasteiger partial charge in [0.25, 0.3) is 0 Å². The molecular formula is C10H13NO3. The molecule has 1 aromatic rings. The summed E-state index contributed by atoms with van der Waals surface area (Å²) < 4.78 is 5.28. The second-order valence-electron chi connectivity index (χ2n) is 3.21. The molecule has 4 heteroatoms. The van der Waals surface area contributed by atoms with E-state index in [9.17, 15) is 9.90 Å². The lowest BCUT2D eigenvalue weighted by atomic mass is 10.2. The van der Waals surface area contributed by atoms with E-state index < -0.39 is 5.91 Å². The van der Waals surface area contributed by atoms with Gasteiger partial charge in [0.1, 0.15) is 0 Å². The molecule has 0 aliphatic rings. The van der Waals surface area contributed by atoms with Crippen molar-refractivity contribution in [3.63, 3.8) is 0 Å². The first-order valence-corrected chi connectivity index (χ1v) is 4.30. The van der Waals surface area contributed by atoms with Crippen LogP contribution in [0.25, 0.3) is 0 Å². The van der Waals surface area contributed by atoms with Crippen molar-refractivity contribution >= 4 is 5.91 Å². The number of carbonyl (C=O) groups excluding carboxylic acids is 1. The van der Waals surface area contributed by atoms with E-state index in [1.54, 1.807) is 0 Å². The molecule has 3 N–H and O–H groups in total. The van der Waals surface area contributed by atoms with Gasteiger partial charge in [-0.1, -0.05) is 0 Å². The Morgan fingerprint density at radius 2 is 2.14 bits per heavy atom. The molecule has 0 bridgehead atoms. The SMILES string of the molecule is CC(C)Oc1ccc(C(N)=O)cc1O. The van der Waals surface area contributed by atoms with Gasteiger partial charge in [0.15, 0.2) is 11.5 Å². The molecule has 0 atom stereocenters. The number of hydrogen-bond acceptors (Lipinski definition) is 3. The van der Waals surface area contributed by atoms with Crippen molar-refractivity contribution < 1.29 is 14.6 Å². The van der Waals surface area contributed by atoms with Crippen molar-refractivity contribution in [1.82, 2.24) is 0 Å². The van der Waals surface area contributed by atoms with Crippen molar-refractivity contribution in [3.8, 4) is 11.5 Å². The Kier molecular flexibility index (Phi) is 2.96. The molecule has 1 rings (SSSR count). The first-order chi connectivity index (χ1) is 6.50. The van der Waals surface area contributed by atoms with Crippen LogP contribution >= 0.6 is 0 Å². The maximum atomic E-state index is 10.8. The van der Waals surface area contributed by atoms with Crippen molar-refractivity contribution in [2.24, 2.45) is 5.73 Å². The fraction of sp³-hybridized carbons (Fsp3) is 0.300. The summed E-state index contributed by atoms with van der Waals surface area (Å²) in [5.74, 6) is -0.295. The predicted molar refractivity (Wildman–Crippen MR) is 52.4 cm³/mol. The Labute approximate surface area is 82.3 Å². The Bertz CT molecular complexity index is 347. The second-order valence-corrected chi connectivity index (χ2v) is 3.21. The number of phenols is 1. The molecule has 76 valence electrons. The highest BCUT2D eigenvalue weighted by Gasteiger charge is 2.07. The standard InChI is InChI=1S/C10H13NO3/c1-6(2)14-9-4-3-7(10(11)13)5-8(9)12/h3-6,12H,1-2H3,(H2,11,13). The molecule has 1 amide bonds. The fourth-order valence-electron chi connectivity index (χ4n) is 1.02. The summed E-state index contributed by atoms with van der Waals surface area (Å²) in [5, 5.41) is 9.46. The van der Waals surface area contributed by atoms with Gasteiger partial charge in [-0.15, -0.1) is 0 Å². The van der Waals surface area contributed by atoms with E-state index in [4.69, 9.17) is 10.5 Å². The molecule has 0 heterocycles. The first kappa shape index (κ1) is 10.4. The van der Waals surface area contributed by atoms with Gasteiger partial charge in [0, 0.05) is 5.56 Å². The van der Waals surface area contributed by atoms with Crippen molar-refractivity contribution in [2.45, 2.75) is 20.0 Å². The van der Waals surface area contributed by atoms with Gasteiger partial charge >= 0.3 is 0 Å². The summed E-state index contributed by atoms with van der Waals surface area (Å²) in [6.07, 6.45) is -0.0275. The third kappa shape index (κ3) is 2.39. The highest BCUT2D eigenvalue weighted by molar-refractivity contribution is 5.93. The molecule has 0 saturated carbocycles. The normalized spacial score (nSPS) is 10.2. The lowest BCUT2D eigenvalue weighted by Gasteiger charge is -2.11. The van der Waals surface area contributed by atoms with Crippen LogP contribution in [0.4, 0.5) is 0 Å². The Morgan fingerprint density at radius 3 is 2.57 bits per heavy atom. The molecule has 0 aliphatic heterocycles. The molecule has 1 aromatic carbocycles. The van der Waals surface area contributed by atoms with Gasteiger partial charge in [0.05, 0.1) is 6.10 Å². The number of amides is 1. The topological polar surface area (TPSA) is 72.5 Å². The van der Waals surface area contributed by atoms with Crippen molar-refractivity contribution in [3.05, 3.63) is 23.8 Å². The van der Waals surface area contributed by atoms with Gasteiger partial charge < -0.3 is 15.6 Å². The maximum Gasteiger partial charge on any atom is 0.248 e. The van der Waals surface area contributed by atoms with E-state index in [1.165, 1.54) is 18.2 Å². The van der Waals surface area contributed by atoms with E-state index >= 15 is 0 Å². The zero-order valence-corrected chi connectivity index (χ0v) is 8.15. The smallest absolute Gasteiger partial charge is 0.248 e. The Morgan fingerprint density at radius 1 is 1.50 bits per heavy atom.